The third-order valence-electron chi connectivity index (χ3n) is 4.94. The zero-order chi connectivity index (χ0) is 23.2. The van der Waals surface area contributed by atoms with Crippen LogP contribution in [0.15, 0.2) is 59.5 Å². The molecule has 7 nitrogen and oxygen atoms in total. The number of amides is 1. The first kappa shape index (κ1) is 24.6. The molecular formula is C23H30N2O5S. The van der Waals surface area contributed by atoms with Gasteiger partial charge in [0.2, 0.25) is 10.0 Å². The highest BCUT2D eigenvalue weighted by molar-refractivity contribution is 7.89. The molecule has 0 fully saturated rings. The summed E-state index contributed by atoms with van der Waals surface area (Å²) in [6.45, 7) is 7.29. The number of hydrogen-bond acceptors (Lipinski definition) is 5. The molecule has 168 valence electrons. The van der Waals surface area contributed by atoms with Crippen LogP contribution < -0.4 is 0 Å². The van der Waals surface area contributed by atoms with Gasteiger partial charge in [-0.15, -0.1) is 0 Å². The molecule has 0 bridgehead atoms. The van der Waals surface area contributed by atoms with Crippen molar-refractivity contribution in [2.75, 3.05) is 13.7 Å². The molecule has 0 N–H and O–H groups in total. The lowest BCUT2D eigenvalue weighted by atomic mass is 10.2. The van der Waals surface area contributed by atoms with E-state index in [0.29, 0.717) is 6.54 Å². The molecule has 8 heteroatoms. The zero-order valence-corrected chi connectivity index (χ0v) is 19.4. The maximum absolute atomic E-state index is 12.7. The number of carbonyl (C=O) groups excluding carboxylic acids is 2. The molecule has 0 aliphatic heterocycles. The van der Waals surface area contributed by atoms with Crippen LogP contribution in [0.3, 0.4) is 0 Å². The van der Waals surface area contributed by atoms with Gasteiger partial charge in [0.25, 0.3) is 5.91 Å². The average Bonchev–Trinajstić information content (AvgIpc) is 2.75. The van der Waals surface area contributed by atoms with Crippen molar-refractivity contribution in [3.63, 3.8) is 0 Å². The molecule has 0 aromatic heterocycles. The van der Waals surface area contributed by atoms with Crippen molar-refractivity contribution < 1.29 is 22.7 Å². The summed E-state index contributed by atoms with van der Waals surface area (Å²) in [5.74, 6) is -1.07. The number of ether oxygens (including phenoxy) is 1. The fraction of sp³-hybridized carbons (Fsp3) is 0.391. The molecule has 0 atom stereocenters. The Balaban J connectivity index is 2.09. The summed E-state index contributed by atoms with van der Waals surface area (Å²) in [7, 11) is -2.25. The molecule has 31 heavy (non-hydrogen) atoms. The van der Waals surface area contributed by atoms with Crippen LogP contribution in [0.25, 0.3) is 0 Å². The summed E-state index contributed by atoms with van der Waals surface area (Å²) in [4.78, 5) is 26.8. The Bertz CT molecular complexity index is 1000. The Hall–Kier alpha value is -2.71. The van der Waals surface area contributed by atoms with E-state index in [0.717, 1.165) is 5.56 Å². The van der Waals surface area contributed by atoms with Crippen LogP contribution in [0.4, 0.5) is 0 Å². The van der Waals surface area contributed by atoms with Crippen LogP contribution in [-0.2, 0) is 26.1 Å². The van der Waals surface area contributed by atoms with E-state index in [-0.39, 0.29) is 28.4 Å². The first-order valence-electron chi connectivity index (χ1n) is 10.1. The molecule has 0 heterocycles. The largest absolute Gasteiger partial charge is 0.452 e. The summed E-state index contributed by atoms with van der Waals surface area (Å²) < 4.78 is 31.8. The predicted molar refractivity (Wildman–Crippen MR) is 119 cm³/mol. The van der Waals surface area contributed by atoms with Gasteiger partial charge in [0.05, 0.1) is 10.5 Å². The van der Waals surface area contributed by atoms with Gasteiger partial charge in [-0.3, -0.25) is 4.79 Å². The Kier molecular flexibility index (Phi) is 8.36. The SMILES string of the molecule is CC(C)N(Cc1ccccc1)C(=O)COC(=O)c1cccc(S(=O)(=O)N(C)C(C)C)c1. The van der Waals surface area contributed by atoms with Crippen molar-refractivity contribution in [2.45, 2.75) is 51.2 Å². The van der Waals surface area contributed by atoms with E-state index in [1.54, 1.807) is 18.7 Å². The smallest absolute Gasteiger partial charge is 0.338 e. The quantitative estimate of drug-likeness (QED) is 0.552. The van der Waals surface area contributed by atoms with Crippen LogP contribution in [0.2, 0.25) is 0 Å². The number of hydrogen-bond donors (Lipinski definition) is 0. The third kappa shape index (κ3) is 6.38. The second-order valence-corrected chi connectivity index (χ2v) is 9.82. The normalized spacial score (nSPS) is 11.7. The van der Waals surface area contributed by atoms with Crippen molar-refractivity contribution in [3.05, 3.63) is 65.7 Å². The highest BCUT2D eigenvalue weighted by atomic mass is 32.2. The van der Waals surface area contributed by atoms with Crippen LogP contribution in [0.1, 0.15) is 43.6 Å². The second-order valence-electron chi connectivity index (χ2n) is 7.82. The van der Waals surface area contributed by atoms with Gasteiger partial charge in [0.1, 0.15) is 0 Å². The van der Waals surface area contributed by atoms with Crippen LogP contribution in [-0.4, -0.2) is 55.2 Å². The Morgan fingerprint density at radius 1 is 0.935 bits per heavy atom. The number of rotatable bonds is 9. The molecule has 0 saturated heterocycles. The van der Waals surface area contributed by atoms with E-state index in [1.165, 1.54) is 35.6 Å². The van der Waals surface area contributed by atoms with Crippen LogP contribution >= 0.6 is 0 Å². The van der Waals surface area contributed by atoms with Crippen molar-refractivity contribution in [1.82, 2.24) is 9.21 Å². The van der Waals surface area contributed by atoms with E-state index in [1.807, 2.05) is 44.2 Å². The molecule has 0 aliphatic rings. The lowest BCUT2D eigenvalue weighted by Gasteiger charge is -2.26. The van der Waals surface area contributed by atoms with E-state index in [4.69, 9.17) is 4.74 Å². The minimum atomic E-state index is -3.73. The Morgan fingerprint density at radius 3 is 2.16 bits per heavy atom. The van der Waals surface area contributed by atoms with Gasteiger partial charge in [-0.25, -0.2) is 13.2 Å². The minimum Gasteiger partial charge on any atom is -0.452 e. The summed E-state index contributed by atoms with van der Waals surface area (Å²) >= 11 is 0. The third-order valence-corrected chi connectivity index (χ3v) is 6.97. The number of sulfonamides is 1. The highest BCUT2D eigenvalue weighted by Gasteiger charge is 2.25. The fourth-order valence-electron chi connectivity index (χ4n) is 2.86. The van der Waals surface area contributed by atoms with E-state index in [2.05, 4.69) is 0 Å². The van der Waals surface area contributed by atoms with E-state index >= 15 is 0 Å². The van der Waals surface area contributed by atoms with Gasteiger partial charge < -0.3 is 9.64 Å². The van der Waals surface area contributed by atoms with E-state index in [9.17, 15) is 18.0 Å². The van der Waals surface area contributed by atoms with Gasteiger partial charge in [-0.1, -0.05) is 36.4 Å². The number of benzene rings is 2. The van der Waals surface area contributed by atoms with Crippen molar-refractivity contribution in [1.29, 1.82) is 0 Å². The Morgan fingerprint density at radius 2 is 1.58 bits per heavy atom. The molecule has 2 rings (SSSR count). The molecule has 0 spiro atoms. The fourth-order valence-corrected chi connectivity index (χ4v) is 4.27. The second kappa shape index (κ2) is 10.5. The topological polar surface area (TPSA) is 84.0 Å². The predicted octanol–water partition coefficient (Wildman–Crippen LogP) is 3.31. The molecule has 0 aliphatic carbocycles. The van der Waals surface area contributed by atoms with Gasteiger partial charge in [0.15, 0.2) is 6.61 Å². The molecule has 1 amide bonds. The van der Waals surface area contributed by atoms with Crippen LogP contribution in [0, 0.1) is 0 Å². The molecular weight excluding hydrogens is 416 g/mol. The first-order valence-corrected chi connectivity index (χ1v) is 11.6. The molecule has 2 aromatic rings. The lowest BCUT2D eigenvalue weighted by molar-refractivity contribution is -0.136. The first-order chi connectivity index (χ1) is 14.5. The Labute approximate surface area is 184 Å². The summed E-state index contributed by atoms with van der Waals surface area (Å²) in [6, 6.07) is 14.9. The monoisotopic (exact) mass is 446 g/mol. The maximum Gasteiger partial charge on any atom is 0.338 e. The number of esters is 1. The van der Waals surface area contributed by atoms with Gasteiger partial charge >= 0.3 is 5.97 Å². The average molecular weight is 447 g/mol. The maximum atomic E-state index is 12.7. The lowest BCUT2D eigenvalue weighted by Crippen LogP contribution is -2.39. The highest BCUT2D eigenvalue weighted by Crippen LogP contribution is 2.18. The summed E-state index contributed by atoms with van der Waals surface area (Å²) in [6.07, 6.45) is 0. The standard InChI is InChI=1S/C23H30N2O5S/c1-17(2)24(5)31(28,29)21-13-9-12-20(14-21)23(27)30-16-22(26)25(18(3)4)15-19-10-7-6-8-11-19/h6-14,17-18H,15-16H2,1-5H3. The number of carbonyl (C=O) groups is 2. The summed E-state index contributed by atoms with van der Waals surface area (Å²) in [5, 5.41) is 0. The van der Waals surface area contributed by atoms with Crippen molar-refractivity contribution >= 4 is 21.9 Å². The number of nitrogens with zero attached hydrogens (tertiary/aromatic N) is 2. The van der Waals surface area contributed by atoms with Gasteiger partial charge in [-0.2, -0.15) is 4.31 Å². The molecule has 0 saturated carbocycles. The van der Waals surface area contributed by atoms with Crippen LogP contribution in [0.5, 0.6) is 0 Å². The minimum absolute atomic E-state index is 0.00244. The van der Waals surface area contributed by atoms with Gasteiger partial charge in [0, 0.05) is 25.7 Å². The molecule has 0 radical (unpaired) electrons. The molecule has 2 aromatic carbocycles. The zero-order valence-electron chi connectivity index (χ0n) is 18.6. The van der Waals surface area contributed by atoms with Gasteiger partial charge in [-0.05, 0) is 51.5 Å². The summed E-state index contributed by atoms with van der Waals surface area (Å²) in [5.41, 5.74) is 1.05. The van der Waals surface area contributed by atoms with E-state index < -0.39 is 22.6 Å². The molecule has 0 unspecified atom stereocenters. The van der Waals surface area contributed by atoms with Crippen molar-refractivity contribution in [2.24, 2.45) is 0 Å². The van der Waals surface area contributed by atoms with Crippen molar-refractivity contribution in [3.8, 4) is 0 Å².